The van der Waals surface area contributed by atoms with E-state index in [-0.39, 0.29) is 0 Å². The highest BCUT2D eigenvalue weighted by atomic mass is 15.2. The molecule has 0 saturated heterocycles. The molecule has 1 unspecified atom stereocenters. The molecule has 1 aromatic rings. The Morgan fingerprint density at radius 2 is 1.74 bits per heavy atom. The quantitative estimate of drug-likeness (QED) is 0.821. The first-order chi connectivity index (χ1) is 9.11. The maximum absolute atomic E-state index is 5.76. The smallest absolute Gasteiger partial charge is 0.0319 e. The molecule has 2 rings (SSSR count). The molecule has 2 heteroatoms. The molecular formula is C17H28N2. The van der Waals surface area contributed by atoms with E-state index < -0.39 is 0 Å². The normalized spacial score (nSPS) is 25.5. The molecule has 1 aliphatic carbocycles. The SMILES string of the molecule is CCC1CCC(N(C)C(C)c2ccc(N)cc2)CC1. The van der Waals surface area contributed by atoms with Gasteiger partial charge in [-0.05, 0) is 63.3 Å². The van der Waals surface area contributed by atoms with Crippen molar-refractivity contribution in [2.75, 3.05) is 12.8 Å². The van der Waals surface area contributed by atoms with Crippen molar-refractivity contribution in [3.05, 3.63) is 29.8 Å². The summed E-state index contributed by atoms with van der Waals surface area (Å²) in [5, 5.41) is 0. The van der Waals surface area contributed by atoms with Gasteiger partial charge < -0.3 is 5.73 Å². The summed E-state index contributed by atoms with van der Waals surface area (Å²) >= 11 is 0. The first kappa shape index (κ1) is 14.4. The number of nitrogens with two attached hydrogens (primary N) is 1. The summed E-state index contributed by atoms with van der Waals surface area (Å²) in [6.45, 7) is 4.63. The monoisotopic (exact) mass is 260 g/mol. The predicted octanol–water partition coefficient (Wildman–Crippen LogP) is 4.23. The van der Waals surface area contributed by atoms with Gasteiger partial charge in [-0.25, -0.2) is 0 Å². The van der Waals surface area contributed by atoms with E-state index in [4.69, 9.17) is 5.73 Å². The summed E-state index contributed by atoms with van der Waals surface area (Å²) in [5.74, 6) is 0.969. The van der Waals surface area contributed by atoms with Crippen LogP contribution in [0.2, 0.25) is 0 Å². The lowest BCUT2D eigenvalue weighted by Gasteiger charge is -2.38. The zero-order chi connectivity index (χ0) is 13.8. The van der Waals surface area contributed by atoms with Crippen molar-refractivity contribution in [3.8, 4) is 0 Å². The highest BCUT2D eigenvalue weighted by molar-refractivity contribution is 5.40. The Morgan fingerprint density at radius 1 is 1.16 bits per heavy atom. The van der Waals surface area contributed by atoms with Crippen LogP contribution in [0.1, 0.15) is 57.6 Å². The van der Waals surface area contributed by atoms with Gasteiger partial charge in [-0.1, -0.05) is 25.5 Å². The van der Waals surface area contributed by atoms with Crippen LogP contribution in [0.4, 0.5) is 5.69 Å². The third kappa shape index (κ3) is 3.50. The molecule has 2 nitrogen and oxygen atoms in total. The Hall–Kier alpha value is -1.02. The summed E-state index contributed by atoms with van der Waals surface area (Å²) < 4.78 is 0. The molecule has 0 bridgehead atoms. The minimum atomic E-state index is 0.476. The molecule has 0 aromatic heterocycles. The number of benzene rings is 1. The second-order valence-electron chi connectivity index (χ2n) is 6.09. The van der Waals surface area contributed by atoms with Crippen LogP contribution >= 0.6 is 0 Å². The van der Waals surface area contributed by atoms with E-state index in [9.17, 15) is 0 Å². The molecule has 0 heterocycles. The van der Waals surface area contributed by atoms with Crippen LogP contribution < -0.4 is 5.73 Å². The predicted molar refractivity (Wildman–Crippen MR) is 83.1 cm³/mol. The Bertz CT molecular complexity index is 377. The molecule has 0 aliphatic heterocycles. The lowest BCUT2D eigenvalue weighted by atomic mass is 9.83. The molecule has 2 N–H and O–H groups in total. The van der Waals surface area contributed by atoms with E-state index >= 15 is 0 Å². The number of rotatable bonds is 4. The molecule has 1 aromatic carbocycles. The van der Waals surface area contributed by atoms with E-state index in [0.29, 0.717) is 6.04 Å². The van der Waals surface area contributed by atoms with Crippen molar-refractivity contribution in [2.45, 2.75) is 58.0 Å². The van der Waals surface area contributed by atoms with Crippen LogP contribution in [0.3, 0.4) is 0 Å². The van der Waals surface area contributed by atoms with E-state index in [1.54, 1.807) is 0 Å². The van der Waals surface area contributed by atoms with Crippen molar-refractivity contribution in [1.29, 1.82) is 0 Å². The highest BCUT2D eigenvalue weighted by Crippen LogP contribution is 2.32. The number of hydrogen-bond donors (Lipinski definition) is 1. The van der Waals surface area contributed by atoms with E-state index in [1.165, 1.54) is 37.7 Å². The fourth-order valence-corrected chi connectivity index (χ4v) is 3.29. The van der Waals surface area contributed by atoms with Crippen molar-refractivity contribution < 1.29 is 0 Å². The molecule has 106 valence electrons. The summed E-state index contributed by atoms with van der Waals surface area (Å²) in [6.07, 6.45) is 6.87. The van der Waals surface area contributed by atoms with E-state index in [0.717, 1.165) is 17.6 Å². The van der Waals surface area contributed by atoms with Gasteiger partial charge in [0.05, 0.1) is 0 Å². The third-order valence-corrected chi connectivity index (χ3v) is 5.00. The molecular weight excluding hydrogens is 232 g/mol. The Balaban J connectivity index is 1.95. The van der Waals surface area contributed by atoms with Gasteiger partial charge in [-0.3, -0.25) is 4.90 Å². The second kappa shape index (κ2) is 6.42. The van der Waals surface area contributed by atoms with Gasteiger partial charge >= 0.3 is 0 Å². The van der Waals surface area contributed by atoms with Gasteiger partial charge in [-0.15, -0.1) is 0 Å². The lowest BCUT2D eigenvalue weighted by molar-refractivity contribution is 0.127. The zero-order valence-electron chi connectivity index (χ0n) is 12.6. The van der Waals surface area contributed by atoms with Gasteiger partial charge in [0.25, 0.3) is 0 Å². The van der Waals surface area contributed by atoms with Crippen molar-refractivity contribution in [1.82, 2.24) is 4.90 Å². The number of anilines is 1. The van der Waals surface area contributed by atoms with Gasteiger partial charge in [0.15, 0.2) is 0 Å². The minimum Gasteiger partial charge on any atom is -0.399 e. The Morgan fingerprint density at radius 3 is 2.26 bits per heavy atom. The van der Waals surface area contributed by atoms with Crippen LogP contribution in [-0.2, 0) is 0 Å². The second-order valence-corrected chi connectivity index (χ2v) is 6.09. The van der Waals surface area contributed by atoms with Crippen LogP contribution in [0.15, 0.2) is 24.3 Å². The average molecular weight is 260 g/mol. The van der Waals surface area contributed by atoms with Crippen LogP contribution in [0.25, 0.3) is 0 Å². The number of nitrogens with zero attached hydrogens (tertiary/aromatic N) is 1. The topological polar surface area (TPSA) is 29.3 Å². The van der Waals surface area contributed by atoms with Crippen molar-refractivity contribution in [2.24, 2.45) is 5.92 Å². The standard InChI is InChI=1S/C17H28N2/c1-4-14-5-11-17(12-6-14)19(3)13(2)15-7-9-16(18)10-8-15/h7-10,13-14,17H,4-6,11-12,18H2,1-3H3. The number of nitrogen functional groups attached to an aromatic ring is 1. The Labute approximate surface area is 118 Å². The molecule has 0 spiro atoms. The maximum Gasteiger partial charge on any atom is 0.0319 e. The fourth-order valence-electron chi connectivity index (χ4n) is 3.29. The lowest BCUT2D eigenvalue weighted by Crippen LogP contribution is -2.36. The minimum absolute atomic E-state index is 0.476. The molecule has 0 radical (unpaired) electrons. The summed E-state index contributed by atoms with van der Waals surface area (Å²) in [4.78, 5) is 2.55. The summed E-state index contributed by atoms with van der Waals surface area (Å²) in [6, 6.07) is 9.56. The first-order valence-corrected chi connectivity index (χ1v) is 7.69. The zero-order valence-corrected chi connectivity index (χ0v) is 12.6. The Kier molecular flexibility index (Phi) is 4.87. The third-order valence-electron chi connectivity index (χ3n) is 5.00. The van der Waals surface area contributed by atoms with Gasteiger partial charge in [0.1, 0.15) is 0 Å². The van der Waals surface area contributed by atoms with E-state index in [2.05, 4.69) is 37.9 Å². The fraction of sp³-hybridized carbons (Fsp3) is 0.647. The van der Waals surface area contributed by atoms with Crippen LogP contribution in [0, 0.1) is 5.92 Å². The number of hydrogen-bond acceptors (Lipinski definition) is 2. The summed E-state index contributed by atoms with van der Waals surface area (Å²) in [5.41, 5.74) is 7.98. The maximum atomic E-state index is 5.76. The van der Waals surface area contributed by atoms with Crippen LogP contribution in [0.5, 0.6) is 0 Å². The van der Waals surface area contributed by atoms with E-state index in [1.807, 2.05) is 12.1 Å². The van der Waals surface area contributed by atoms with Gasteiger partial charge in [-0.2, -0.15) is 0 Å². The molecule has 1 saturated carbocycles. The average Bonchev–Trinajstić information content (AvgIpc) is 2.46. The first-order valence-electron chi connectivity index (χ1n) is 7.69. The largest absolute Gasteiger partial charge is 0.399 e. The molecule has 19 heavy (non-hydrogen) atoms. The molecule has 1 fully saturated rings. The van der Waals surface area contributed by atoms with Crippen molar-refractivity contribution in [3.63, 3.8) is 0 Å². The molecule has 1 atom stereocenters. The van der Waals surface area contributed by atoms with Crippen molar-refractivity contribution >= 4 is 5.69 Å². The van der Waals surface area contributed by atoms with Crippen LogP contribution in [-0.4, -0.2) is 18.0 Å². The molecule has 1 aliphatic rings. The summed E-state index contributed by atoms with van der Waals surface area (Å²) in [7, 11) is 2.28. The van der Waals surface area contributed by atoms with Gasteiger partial charge in [0, 0.05) is 17.8 Å². The highest BCUT2D eigenvalue weighted by Gasteiger charge is 2.26. The van der Waals surface area contributed by atoms with Gasteiger partial charge in [0.2, 0.25) is 0 Å². The molecule has 0 amide bonds.